The molecule has 0 aliphatic rings. The van der Waals surface area contributed by atoms with Gasteiger partial charge in [-0.05, 0) is 24.2 Å². The van der Waals surface area contributed by atoms with Crippen LogP contribution >= 0.6 is 11.3 Å². The van der Waals surface area contributed by atoms with Gasteiger partial charge >= 0.3 is 0 Å². The van der Waals surface area contributed by atoms with Crippen molar-refractivity contribution in [3.05, 3.63) is 46.2 Å². The SMILES string of the molecule is CCNCc1ccc(F)cc1S(=O)(=O)NCc1nccs1. The molecule has 0 radical (unpaired) electrons. The molecule has 1 aromatic carbocycles. The average molecular weight is 329 g/mol. The first-order valence-corrected chi connectivity index (χ1v) is 8.76. The van der Waals surface area contributed by atoms with Crippen LogP contribution in [0.3, 0.4) is 0 Å². The van der Waals surface area contributed by atoms with Crippen LogP contribution in [-0.4, -0.2) is 19.9 Å². The second-order valence-electron chi connectivity index (χ2n) is 4.28. The summed E-state index contributed by atoms with van der Waals surface area (Å²) in [5, 5.41) is 5.46. The molecule has 0 fully saturated rings. The molecule has 0 aliphatic carbocycles. The lowest BCUT2D eigenvalue weighted by atomic mass is 10.2. The molecule has 0 spiro atoms. The van der Waals surface area contributed by atoms with Gasteiger partial charge < -0.3 is 5.32 Å². The second-order valence-corrected chi connectivity index (χ2v) is 7.00. The molecule has 0 unspecified atom stereocenters. The first-order valence-electron chi connectivity index (χ1n) is 6.40. The molecule has 2 aromatic rings. The Morgan fingerprint density at radius 2 is 2.14 bits per heavy atom. The Labute approximate surface area is 127 Å². The first-order chi connectivity index (χ1) is 10.0. The van der Waals surface area contributed by atoms with E-state index in [-0.39, 0.29) is 11.4 Å². The summed E-state index contributed by atoms with van der Waals surface area (Å²) in [5.74, 6) is -0.579. The zero-order chi connectivity index (χ0) is 15.3. The van der Waals surface area contributed by atoms with E-state index in [1.807, 2.05) is 6.92 Å². The number of sulfonamides is 1. The molecule has 0 amide bonds. The number of aromatic nitrogens is 1. The van der Waals surface area contributed by atoms with Crippen LogP contribution < -0.4 is 10.0 Å². The number of nitrogens with zero attached hydrogens (tertiary/aromatic N) is 1. The van der Waals surface area contributed by atoms with Gasteiger partial charge in [-0.3, -0.25) is 0 Å². The summed E-state index contributed by atoms with van der Waals surface area (Å²) in [6, 6.07) is 3.78. The highest BCUT2D eigenvalue weighted by molar-refractivity contribution is 7.89. The van der Waals surface area contributed by atoms with Gasteiger partial charge in [0.1, 0.15) is 10.8 Å². The van der Waals surface area contributed by atoms with E-state index >= 15 is 0 Å². The topological polar surface area (TPSA) is 71.1 Å². The van der Waals surface area contributed by atoms with Crippen LogP contribution in [0.1, 0.15) is 17.5 Å². The van der Waals surface area contributed by atoms with Crippen molar-refractivity contribution in [1.82, 2.24) is 15.0 Å². The first kappa shape index (κ1) is 16.0. The summed E-state index contributed by atoms with van der Waals surface area (Å²) in [6.07, 6.45) is 1.60. The van der Waals surface area contributed by atoms with Crippen molar-refractivity contribution >= 4 is 21.4 Å². The number of hydrogen-bond donors (Lipinski definition) is 2. The van der Waals surface area contributed by atoms with Gasteiger partial charge in [-0.1, -0.05) is 13.0 Å². The van der Waals surface area contributed by atoms with Crippen LogP contribution in [0.2, 0.25) is 0 Å². The number of nitrogens with one attached hydrogen (secondary N) is 2. The van der Waals surface area contributed by atoms with Gasteiger partial charge in [-0.25, -0.2) is 22.5 Å². The smallest absolute Gasteiger partial charge is 0.241 e. The Morgan fingerprint density at radius 1 is 1.33 bits per heavy atom. The minimum atomic E-state index is -3.78. The lowest BCUT2D eigenvalue weighted by Gasteiger charge is -2.11. The third-order valence-corrected chi connectivity index (χ3v) is 5.04. The zero-order valence-electron chi connectivity index (χ0n) is 11.5. The summed E-state index contributed by atoms with van der Waals surface area (Å²) in [6.45, 7) is 3.07. The summed E-state index contributed by atoms with van der Waals surface area (Å²) < 4.78 is 40.5. The van der Waals surface area contributed by atoms with Gasteiger partial charge in [0.2, 0.25) is 10.0 Å². The molecule has 0 saturated carbocycles. The number of halogens is 1. The molecule has 0 bridgehead atoms. The number of hydrogen-bond acceptors (Lipinski definition) is 5. The minimum Gasteiger partial charge on any atom is -0.313 e. The van der Waals surface area contributed by atoms with Gasteiger partial charge in [-0.2, -0.15) is 0 Å². The molecule has 21 heavy (non-hydrogen) atoms. The Kier molecular flexibility index (Phi) is 5.40. The van der Waals surface area contributed by atoms with Crippen molar-refractivity contribution < 1.29 is 12.8 Å². The molecule has 1 aromatic heterocycles. The van der Waals surface area contributed by atoms with Crippen molar-refractivity contribution in [3.8, 4) is 0 Å². The number of thiazole rings is 1. The third kappa shape index (κ3) is 4.31. The van der Waals surface area contributed by atoms with E-state index in [0.717, 1.165) is 6.07 Å². The van der Waals surface area contributed by atoms with Gasteiger partial charge in [-0.15, -0.1) is 11.3 Å². The molecular weight excluding hydrogens is 313 g/mol. The van der Waals surface area contributed by atoms with Crippen LogP contribution in [0.4, 0.5) is 4.39 Å². The molecule has 2 rings (SSSR count). The van der Waals surface area contributed by atoms with Crippen molar-refractivity contribution in [3.63, 3.8) is 0 Å². The highest BCUT2D eigenvalue weighted by Gasteiger charge is 2.19. The normalized spacial score (nSPS) is 11.7. The maximum atomic E-state index is 13.4. The van der Waals surface area contributed by atoms with Crippen LogP contribution in [0.25, 0.3) is 0 Å². The van der Waals surface area contributed by atoms with Gasteiger partial charge in [0.05, 0.1) is 11.4 Å². The lowest BCUT2D eigenvalue weighted by Crippen LogP contribution is -2.25. The molecule has 5 nitrogen and oxygen atoms in total. The van der Waals surface area contributed by atoms with Crippen LogP contribution in [0, 0.1) is 5.82 Å². The van der Waals surface area contributed by atoms with Crippen molar-refractivity contribution in [1.29, 1.82) is 0 Å². The van der Waals surface area contributed by atoms with Crippen molar-refractivity contribution in [2.45, 2.75) is 24.9 Å². The van der Waals surface area contributed by atoms with Crippen LogP contribution in [-0.2, 0) is 23.1 Å². The average Bonchev–Trinajstić information content (AvgIpc) is 2.97. The number of benzene rings is 1. The van der Waals surface area contributed by atoms with Crippen molar-refractivity contribution in [2.75, 3.05) is 6.54 Å². The molecule has 8 heteroatoms. The fraction of sp³-hybridized carbons (Fsp3) is 0.308. The van der Waals surface area contributed by atoms with E-state index in [2.05, 4.69) is 15.0 Å². The zero-order valence-corrected chi connectivity index (χ0v) is 13.1. The summed E-state index contributed by atoms with van der Waals surface area (Å²) in [4.78, 5) is 3.97. The van der Waals surface area contributed by atoms with E-state index in [1.54, 1.807) is 11.6 Å². The maximum Gasteiger partial charge on any atom is 0.241 e. The highest BCUT2D eigenvalue weighted by Crippen LogP contribution is 2.18. The van der Waals surface area contributed by atoms with Gasteiger partial charge in [0.15, 0.2) is 0 Å². The van der Waals surface area contributed by atoms with Gasteiger partial charge in [0.25, 0.3) is 0 Å². The second kappa shape index (κ2) is 7.08. The monoisotopic (exact) mass is 329 g/mol. The number of rotatable bonds is 7. The van der Waals surface area contributed by atoms with E-state index in [1.165, 1.54) is 23.5 Å². The molecular formula is C13H16FN3O2S2. The fourth-order valence-electron chi connectivity index (χ4n) is 1.76. The Bertz CT molecular complexity index is 687. The van der Waals surface area contributed by atoms with E-state index in [4.69, 9.17) is 0 Å². The third-order valence-electron chi connectivity index (χ3n) is 2.78. The summed E-state index contributed by atoms with van der Waals surface area (Å²) >= 11 is 1.36. The maximum absolute atomic E-state index is 13.4. The van der Waals surface area contributed by atoms with E-state index in [0.29, 0.717) is 23.7 Å². The predicted molar refractivity (Wildman–Crippen MR) is 79.9 cm³/mol. The summed E-state index contributed by atoms with van der Waals surface area (Å²) in [7, 11) is -3.78. The predicted octanol–water partition coefficient (Wildman–Crippen LogP) is 1.87. The molecule has 0 atom stereocenters. The lowest BCUT2D eigenvalue weighted by molar-refractivity contribution is 0.573. The quantitative estimate of drug-likeness (QED) is 0.813. The Hall–Kier alpha value is -1.35. The molecule has 114 valence electrons. The van der Waals surface area contributed by atoms with Gasteiger partial charge in [0, 0.05) is 18.1 Å². The van der Waals surface area contributed by atoms with Crippen molar-refractivity contribution in [2.24, 2.45) is 0 Å². The van der Waals surface area contributed by atoms with Crippen LogP contribution in [0.15, 0.2) is 34.7 Å². The highest BCUT2D eigenvalue weighted by atomic mass is 32.2. The molecule has 0 saturated heterocycles. The van der Waals surface area contributed by atoms with E-state index < -0.39 is 15.8 Å². The minimum absolute atomic E-state index is 0.0417. The molecule has 0 aliphatic heterocycles. The van der Waals surface area contributed by atoms with Crippen LogP contribution in [0.5, 0.6) is 0 Å². The largest absolute Gasteiger partial charge is 0.313 e. The summed E-state index contributed by atoms with van der Waals surface area (Å²) in [5.41, 5.74) is 0.532. The van der Waals surface area contributed by atoms with E-state index in [9.17, 15) is 12.8 Å². The Balaban J connectivity index is 2.23. The molecule has 2 N–H and O–H groups in total. The standard InChI is InChI=1S/C13H16FN3O2S2/c1-2-15-8-10-3-4-11(14)7-12(10)21(18,19)17-9-13-16-5-6-20-13/h3-7,15,17H,2,8-9H2,1H3. The molecule has 1 heterocycles. The fourth-order valence-corrected chi connectivity index (χ4v) is 3.64. The Morgan fingerprint density at radius 3 is 2.81 bits per heavy atom.